The van der Waals surface area contributed by atoms with Crippen molar-refractivity contribution in [1.82, 2.24) is 0 Å². The number of nitrogens with zero attached hydrogens (tertiary/aromatic N) is 2. The van der Waals surface area contributed by atoms with Crippen LogP contribution in [0.3, 0.4) is 0 Å². The van der Waals surface area contributed by atoms with Crippen LogP contribution in [0.15, 0.2) is 16.8 Å². The summed E-state index contributed by atoms with van der Waals surface area (Å²) in [7, 11) is 0. The van der Waals surface area contributed by atoms with Gasteiger partial charge in [0, 0.05) is 11.3 Å². The predicted octanol–water partition coefficient (Wildman–Crippen LogP) is 5.37. The Kier molecular flexibility index (Phi) is 4.34. The summed E-state index contributed by atoms with van der Waals surface area (Å²) >= 11 is 0. The molecule has 4 heteroatoms. The van der Waals surface area contributed by atoms with Gasteiger partial charge in [-0.3, -0.25) is 4.79 Å². The maximum absolute atomic E-state index is 12.9. The van der Waals surface area contributed by atoms with Gasteiger partial charge in [0.05, 0.1) is 11.8 Å². The molecule has 4 aliphatic carbocycles. The van der Waals surface area contributed by atoms with Gasteiger partial charge in [-0.2, -0.15) is 5.26 Å². The van der Waals surface area contributed by atoms with Gasteiger partial charge in [-0.1, -0.05) is 30.7 Å². The van der Waals surface area contributed by atoms with Crippen LogP contribution in [0.1, 0.15) is 73.1 Å². The third-order valence-corrected chi connectivity index (χ3v) is 9.52. The van der Waals surface area contributed by atoms with Crippen molar-refractivity contribution >= 4 is 11.5 Å². The van der Waals surface area contributed by atoms with E-state index in [-0.39, 0.29) is 16.6 Å². The molecule has 4 nitrogen and oxygen atoms in total. The third kappa shape index (κ3) is 2.34. The van der Waals surface area contributed by atoms with E-state index in [4.69, 9.17) is 0 Å². The zero-order valence-electron chi connectivity index (χ0n) is 18.0. The predicted molar refractivity (Wildman–Crippen MR) is 109 cm³/mol. The maximum Gasteiger partial charge on any atom is 0.159 e. The number of hydrogen-bond acceptors (Lipinski definition) is 4. The summed E-state index contributed by atoms with van der Waals surface area (Å²) in [6.45, 7) is 10.8. The number of carbonyl (C=O) groups is 1. The first-order valence-corrected chi connectivity index (χ1v) is 10.9. The van der Waals surface area contributed by atoms with E-state index >= 15 is 0 Å². The topological polar surface area (TPSA) is 73.5 Å². The van der Waals surface area contributed by atoms with E-state index in [1.54, 1.807) is 0 Å². The molecule has 4 aliphatic rings. The SMILES string of the molecule is CC(=NO)[C@H]1CC[C@H]2[C@@H]3CC=C4C(C)(C)C(=O)[C@H](C#N)C[C@]4(C)[C@H]3CC[C@]12C. The molecule has 0 spiro atoms. The zero-order valence-corrected chi connectivity index (χ0v) is 18.0. The fraction of sp³-hybridized carbons (Fsp3) is 0.792. The first-order chi connectivity index (χ1) is 13.1. The minimum absolute atomic E-state index is 0.0553. The number of fused-ring (bicyclic) bond motifs is 5. The fourth-order valence-electron chi connectivity index (χ4n) is 8.27. The van der Waals surface area contributed by atoms with E-state index < -0.39 is 11.3 Å². The van der Waals surface area contributed by atoms with Crippen molar-refractivity contribution < 1.29 is 10.0 Å². The number of nitriles is 1. The lowest BCUT2D eigenvalue weighted by Crippen LogP contribution is -2.55. The number of allylic oxidation sites excluding steroid dienone is 2. The van der Waals surface area contributed by atoms with Crippen LogP contribution >= 0.6 is 0 Å². The standard InChI is InChI=1S/C24H34N2O2/c1-14(26-28)17-7-8-18-16-6-9-20-22(2,3)21(27)15(13-25)12-24(20,5)19(16)10-11-23(17,18)4/h9,15-19,28H,6-8,10-12H2,1-5H3/t15-,16-,17+,18-,19-,23+,24+/m0/s1. The Morgan fingerprint density at radius 1 is 1.21 bits per heavy atom. The monoisotopic (exact) mass is 382 g/mol. The van der Waals surface area contributed by atoms with Crippen LogP contribution < -0.4 is 0 Å². The van der Waals surface area contributed by atoms with Crippen LogP contribution in [0.25, 0.3) is 0 Å². The van der Waals surface area contributed by atoms with E-state index in [0.717, 1.165) is 31.4 Å². The Morgan fingerprint density at radius 3 is 2.57 bits per heavy atom. The van der Waals surface area contributed by atoms with E-state index in [1.807, 2.05) is 20.8 Å². The van der Waals surface area contributed by atoms with Crippen LogP contribution in [-0.4, -0.2) is 16.7 Å². The molecule has 152 valence electrons. The molecule has 28 heavy (non-hydrogen) atoms. The van der Waals surface area contributed by atoms with E-state index in [2.05, 4.69) is 31.1 Å². The molecule has 0 heterocycles. The second-order valence-corrected chi connectivity index (χ2v) is 10.9. The van der Waals surface area contributed by atoms with Gasteiger partial charge >= 0.3 is 0 Å². The summed E-state index contributed by atoms with van der Waals surface area (Å²) < 4.78 is 0. The van der Waals surface area contributed by atoms with Crippen molar-refractivity contribution in [3.8, 4) is 6.07 Å². The molecule has 3 saturated carbocycles. The molecule has 0 aromatic heterocycles. The smallest absolute Gasteiger partial charge is 0.159 e. The lowest BCUT2D eigenvalue weighted by molar-refractivity contribution is -0.135. The molecule has 0 radical (unpaired) electrons. The van der Waals surface area contributed by atoms with Gasteiger partial charge in [-0.25, -0.2) is 0 Å². The van der Waals surface area contributed by atoms with Crippen molar-refractivity contribution in [3.63, 3.8) is 0 Å². The molecule has 4 rings (SSSR count). The van der Waals surface area contributed by atoms with E-state index in [9.17, 15) is 15.3 Å². The van der Waals surface area contributed by atoms with Crippen molar-refractivity contribution in [2.24, 2.45) is 51.0 Å². The van der Waals surface area contributed by atoms with Gasteiger partial charge in [-0.15, -0.1) is 0 Å². The van der Waals surface area contributed by atoms with Crippen LogP contribution in [0.4, 0.5) is 0 Å². The van der Waals surface area contributed by atoms with Crippen LogP contribution in [0.5, 0.6) is 0 Å². The first kappa shape index (κ1) is 19.7. The highest BCUT2D eigenvalue weighted by Gasteiger charge is 2.62. The van der Waals surface area contributed by atoms with Crippen molar-refractivity contribution in [1.29, 1.82) is 5.26 Å². The summed E-state index contributed by atoms with van der Waals surface area (Å²) in [6.07, 6.45) is 8.69. The van der Waals surface area contributed by atoms with Gasteiger partial charge < -0.3 is 5.21 Å². The lowest BCUT2D eigenvalue weighted by atomic mass is 9.43. The average molecular weight is 383 g/mol. The first-order valence-electron chi connectivity index (χ1n) is 10.9. The minimum atomic E-state index is -0.530. The Morgan fingerprint density at radius 2 is 1.93 bits per heavy atom. The number of ketones is 1. The lowest BCUT2D eigenvalue weighted by Gasteiger charge is -2.60. The molecular formula is C24H34N2O2. The molecule has 7 atom stereocenters. The molecule has 0 aromatic carbocycles. The van der Waals surface area contributed by atoms with E-state index in [1.165, 1.54) is 12.0 Å². The quantitative estimate of drug-likeness (QED) is 0.287. The normalized spacial score (nSPS) is 47.4. The van der Waals surface area contributed by atoms with Crippen LogP contribution in [-0.2, 0) is 4.79 Å². The summed E-state index contributed by atoms with van der Waals surface area (Å²) in [5.74, 6) is 1.77. The molecule has 0 saturated heterocycles. The van der Waals surface area contributed by atoms with Gasteiger partial charge in [0.2, 0.25) is 0 Å². The van der Waals surface area contributed by atoms with Gasteiger partial charge in [-0.05, 0) is 87.9 Å². The second kappa shape index (κ2) is 6.18. The van der Waals surface area contributed by atoms with Crippen LogP contribution in [0, 0.1) is 57.2 Å². The highest BCUT2D eigenvalue weighted by atomic mass is 16.4. The van der Waals surface area contributed by atoms with Gasteiger partial charge in [0.25, 0.3) is 0 Å². The minimum Gasteiger partial charge on any atom is -0.411 e. The maximum atomic E-state index is 12.9. The highest BCUT2D eigenvalue weighted by molar-refractivity contribution is 5.93. The molecule has 0 bridgehead atoms. The Bertz CT molecular complexity index is 804. The number of rotatable bonds is 1. The van der Waals surface area contributed by atoms with Crippen LogP contribution in [0.2, 0.25) is 0 Å². The van der Waals surface area contributed by atoms with Crippen molar-refractivity contribution in [2.45, 2.75) is 73.1 Å². The molecule has 0 amide bonds. The summed E-state index contributed by atoms with van der Waals surface area (Å²) in [5.41, 5.74) is 1.80. The highest BCUT2D eigenvalue weighted by Crippen LogP contribution is 2.68. The Hall–Kier alpha value is -1.63. The summed E-state index contributed by atoms with van der Waals surface area (Å²) in [5, 5.41) is 22.6. The Labute approximate surface area is 169 Å². The second-order valence-electron chi connectivity index (χ2n) is 10.9. The van der Waals surface area contributed by atoms with Gasteiger partial charge in [0.1, 0.15) is 5.92 Å². The summed E-state index contributed by atoms with van der Waals surface area (Å²) in [6, 6.07) is 2.33. The summed E-state index contributed by atoms with van der Waals surface area (Å²) in [4.78, 5) is 12.9. The number of Topliss-reactive ketones (excluding diaryl/α,β-unsaturated/α-hetero) is 1. The van der Waals surface area contributed by atoms with E-state index in [0.29, 0.717) is 30.1 Å². The molecule has 0 aromatic rings. The number of hydrogen-bond donors (Lipinski definition) is 1. The molecule has 3 fully saturated rings. The molecule has 1 N–H and O–H groups in total. The number of carbonyl (C=O) groups excluding carboxylic acids is 1. The fourth-order valence-corrected chi connectivity index (χ4v) is 8.27. The number of oxime groups is 1. The van der Waals surface area contributed by atoms with Crippen molar-refractivity contribution in [3.05, 3.63) is 11.6 Å². The molecule has 0 unspecified atom stereocenters. The average Bonchev–Trinajstić information content (AvgIpc) is 3.01. The zero-order chi connectivity index (χ0) is 20.5. The largest absolute Gasteiger partial charge is 0.411 e. The Balaban J connectivity index is 1.74. The molecular weight excluding hydrogens is 348 g/mol. The van der Waals surface area contributed by atoms with Gasteiger partial charge in [0.15, 0.2) is 5.78 Å². The molecule has 0 aliphatic heterocycles. The third-order valence-electron chi connectivity index (χ3n) is 9.52. The van der Waals surface area contributed by atoms with Crippen molar-refractivity contribution in [2.75, 3.05) is 0 Å².